The minimum Gasteiger partial charge on any atom is -0.455 e. The van der Waals surface area contributed by atoms with Crippen molar-refractivity contribution in [3.8, 4) is 11.3 Å². The molecule has 0 spiro atoms. The van der Waals surface area contributed by atoms with E-state index in [2.05, 4.69) is 106 Å². The molecule has 4 aromatic rings. The van der Waals surface area contributed by atoms with E-state index < -0.39 is 0 Å². The number of nitrogens with one attached hydrogen (secondary N) is 1. The molecule has 0 saturated carbocycles. The zero-order valence-corrected chi connectivity index (χ0v) is 19.0. The topological polar surface area (TPSA) is 28.9 Å². The summed E-state index contributed by atoms with van der Waals surface area (Å²) in [5.74, 6) is 0.924. The molecule has 0 radical (unpaired) electrons. The monoisotopic (exact) mass is 471 g/mol. The van der Waals surface area contributed by atoms with Crippen molar-refractivity contribution in [3.63, 3.8) is 0 Å². The van der Waals surface area contributed by atoms with Crippen LogP contribution in [0.5, 0.6) is 0 Å². The number of halogens is 1. The predicted molar refractivity (Wildman–Crippen MR) is 124 cm³/mol. The highest BCUT2D eigenvalue weighted by molar-refractivity contribution is 14.1. The first-order valence-corrected chi connectivity index (χ1v) is 10.5. The van der Waals surface area contributed by atoms with Gasteiger partial charge in [0.15, 0.2) is 0 Å². The van der Waals surface area contributed by atoms with Crippen LogP contribution in [0.4, 0.5) is 0 Å². The van der Waals surface area contributed by atoms with Crippen molar-refractivity contribution in [2.45, 2.75) is 52.4 Å². The van der Waals surface area contributed by atoms with Gasteiger partial charge in [-0.1, -0.05) is 41.5 Å². The lowest BCUT2D eigenvalue weighted by Gasteiger charge is -2.20. The van der Waals surface area contributed by atoms with Crippen LogP contribution in [0.1, 0.15) is 52.7 Å². The van der Waals surface area contributed by atoms with Gasteiger partial charge in [0.05, 0.1) is 9.09 Å². The van der Waals surface area contributed by atoms with Gasteiger partial charge in [-0.15, -0.1) is 0 Å². The molecular formula is C24H26INO. The van der Waals surface area contributed by atoms with Crippen LogP contribution in [0, 0.1) is 3.57 Å². The van der Waals surface area contributed by atoms with E-state index in [0.29, 0.717) is 0 Å². The summed E-state index contributed by atoms with van der Waals surface area (Å²) in [5, 5.41) is 2.39. The molecule has 0 aliphatic carbocycles. The third kappa shape index (κ3) is 3.31. The Labute approximate surface area is 174 Å². The van der Waals surface area contributed by atoms with Gasteiger partial charge in [0.25, 0.3) is 0 Å². The lowest BCUT2D eigenvalue weighted by molar-refractivity contribution is 0.588. The number of hydrogen-bond acceptors (Lipinski definition) is 1. The molecule has 2 heterocycles. The number of aromatic nitrogens is 1. The Bertz CT molecular complexity index is 1150. The van der Waals surface area contributed by atoms with E-state index in [-0.39, 0.29) is 10.8 Å². The Kier molecular flexibility index (Phi) is 4.22. The lowest BCUT2D eigenvalue weighted by atomic mass is 9.85. The Balaban J connectivity index is 1.97. The van der Waals surface area contributed by atoms with Gasteiger partial charge in [-0.2, -0.15) is 0 Å². The molecule has 0 aliphatic rings. The van der Waals surface area contributed by atoms with E-state index in [1.807, 2.05) is 6.20 Å². The van der Waals surface area contributed by atoms with Crippen molar-refractivity contribution < 1.29 is 4.42 Å². The summed E-state index contributed by atoms with van der Waals surface area (Å²) in [6.07, 6.45) is 2.00. The number of benzene rings is 2. The van der Waals surface area contributed by atoms with Gasteiger partial charge in [-0.05, 0) is 80.9 Å². The highest BCUT2D eigenvalue weighted by atomic mass is 127. The Morgan fingerprint density at radius 2 is 1.44 bits per heavy atom. The van der Waals surface area contributed by atoms with Gasteiger partial charge in [0, 0.05) is 22.5 Å². The van der Waals surface area contributed by atoms with Crippen LogP contribution in [-0.4, -0.2) is 4.98 Å². The largest absolute Gasteiger partial charge is 0.455 e. The van der Waals surface area contributed by atoms with E-state index in [0.717, 1.165) is 26.0 Å². The van der Waals surface area contributed by atoms with E-state index in [9.17, 15) is 0 Å². The van der Waals surface area contributed by atoms with Gasteiger partial charge < -0.3 is 9.40 Å². The second kappa shape index (κ2) is 6.13. The first-order chi connectivity index (χ1) is 12.5. The first kappa shape index (κ1) is 18.6. The molecular weight excluding hydrogens is 445 g/mol. The quantitative estimate of drug-likeness (QED) is 0.282. The highest BCUT2D eigenvalue weighted by Gasteiger charge is 2.21. The molecule has 27 heavy (non-hydrogen) atoms. The zero-order chi connectivity index (χ0) is 19.6. The predicted octanol–water partition coefficient (Wildman–Crippen LogP) is 7.78. The second-order valence-corrected chi connectivity index (χ2v) is 10.6. The van der Waals surface area contributed by atoms with Gasteiger partial charge in [0.1, 0.15) is 11.3 Å². The summed E-state index contributed by atoms with van der Waals surface area (Å²) in [6, 6.07) is 13.4. The molecule has 4 rings (SSSR count). The molecule has 0 aliphatic heterocycles. The second-order valence-electron chi connectivity index (χ2n) is 9.45. The van der Waals surface area contributed by atoms with Crippen LogP contribution >= 0.6 is 22.6 Å². The minimum absolute atomic E-state index is 0.0834. The van der Waals surface area contributed by atoms with Crippen molar-refractivity contribution in [2.75, 3.05) is 0 Å². The standard InChI is InChI=1S/C24H26INO/c1-23(2,3)16-9-14-7-8-26-21(14)18(12-16)20-11-15-10-17(24(4,5)6)13-19(25)22(15)27-20/h7-13,26H,1-6H3. The van der Waals surface area contributed by atoms with E-state index in [1.54, 1.807) is 0 Å². The van der Waals surface area contributed by atoms with Crippen LogP contribution in [0.15, 0.2) is 47.0 Å². The minimum atomic E-state index is 0.0834. The average molecular weight is 471 g/mol. The molecule has 1 N–H and O–H groups in total. The summed E-state index contributed by atoms with van der Waals surface area (Å²) < 4.78 is 7.53. The van der Waals surface area contributed by atoms with E-state index >= 15 is 0 Å². The summed E-state index contributed by atoms with van der Waals surface area (Å²) in [6.45, 7) is 13.5. The third-order valence-electron chi connectivity index (χ3n) is 5.23. The normalized spacial score (nSPS) is 13.0. The fourth-order valence-electron chi connectivity index (χ4n) is 3.48. The van der Waals surface area contributed by atoms with Crippen molar-refractivity contribution >= 4 is 44.5 Å². The molecule has 2 aromatic carbocycles. The molecule has 0 bridgehead atoms. The maximum Gasteiger partial charge on any atom is 0.148 e. The molecule has 0 fully saturated rings. The Morgan fingerprint density at radius 3 is 2.11 bits per heavy atom. The fourth-order valence-corrected chi connectivity index (χ4v) is 4.23. The third-order valence-corrected chi connectivity index (χ3v) is 6.03. The van der Waals surface area contributed by atoms with Crippen molar-refractivity contribution in [1.82, 2.24) is 4.98 Å². The van der Waals surface area contributed by atoms with Gasteiger partial charge in [-0.25, -0.2) is 0 Å². The summed E-state index contributed by atoms with van der Waals surface area (Å²) in [7, 11) is 0. The van der Waals surface area contributed by atoms with Gasteiger partial charge in [-0.3, -0.25) is 0 Å². The average Bonchev–Trinajstić information content (AvgIpc) is 3.18. The summed E-state index contributed by atoms with van der Waals surface area (Å²) in [4.78, 5) is 3.40. The van der Waals surface area contributed by atoms with Crippen LogP contribution in [0.2, 0.25) is 0 Å². The number of hydrogen-bond donors (Lipinski definition) is 1. The van der Waals surface area contributed by atoms with E-state index in [1.165, 1.54) is 21.9 Å². The first-order valence-electron chi connectivity index (χ1n) is 9.39. The van der Waals surface area contributed by atoms with Crippen LogP contribution in [0.25, 0.3) is 33.2 Å². The van der Waals surface area contributed by atoms with Gasteiger partial charge in [0.2, 0.25) is 0 Å². The van der Waals surface area contributed by atoms with Crippen molar-refractivity contribution in [1.29, 1.82) is 0 Å². The number of fused-ring (bicyclic) bond motifs is 2. The molecule has 0 atom stereocenters. The number of furan rings is 1. The van der Waals surface area contributed by atoms with Gasteiger partial charge >= 0.3 is 0 Å². The molecule has 0 unspecified atom stereocenters. The van der Waals surface area contributed by atoms with Crippen molar-refractivity contribution in [2.24, 2.45) is 0 Å². The maximum absolute atomic E-state index is 6.37. The molecule has 2 aromatic heterocycles. The molecule has 3 heteroatoms. The van der Waals surface area contributed by atoms with Crippen LogP contribution in [-0.2, 0) is 10.8 Å². The Morgan fingerprint density at radius 1 is 0.815 bits per heavy atom. The molecule has 0 amide bonds. The molecule has 140 valence electrons. The van der Waals surface area contributed by atoms with Crippen molar-refractivity contribution in [3.05, 3.63) is 57.3 Å². The highest BCUT2D eigenvalue weighted by Crippen LogP contribution is 2.38. The Hall–Kier alpha value is -1.75. The molecule has 2 nitrogen and oxygen atoms in total. The van der Waals surface area contributed by atoms with E-state index in [4.69, 9.17) is 4.42 Å². The fraction of sp³-hybridized carbons (Fsp3) is 0.333. The zero-order valence-electron chi connectivity index (χ0n) is 16.8. The number of aromatic amines is 1. The summed E-state index contributed by atoms with van der Waals surface area (Å²) >= 11 is 2.39. The molecule has 0 saturated heterocycles. The van der Waals surface area contributed by atoms with Crippen LogP contribution < -0.4 is 0 Å². The SMILES string of the molecule is CC(C)(C)c1cc(-c2cc3cc(C(C)(C)C)cc(I)c3o2)c2[nH]ccc2c1. The lowest BCUT2D eigenvalue weighted by Crippen LogP contribution is -2.11. The number of rotatable bonds is 1. The maximum atomic E-state index is 6.37. The number of H-pyrrole nitrogens is 1. The summed E-state index contributed by atoms with van der Waals surface area (Å²) in [5.41, 5.74) is 6.08. The smallest absolute Gasteiger partial charge is 0.148 e. The van der Waals surface area contributed by atoms with Crippen LogP contribution in [0.3, 0.4) is 0 Å².